The van der Waals surface area contributed by atoms with Crippen LogP contribution in [0.15, 0.2) is 22.7 Å². The summed E-state index contributed by atoms with van der Waals surface area (Å²) < 4.78 is 20.6. The van der Waals surface area contributed by atoms with Crippen LogP contribution in [0.4, 0.5) is 4.39 Å². The van der Waals surface area contributed by atoms with Crippen LogP contribution in [0.2, 0.25) is 0 Å². The van der Waals surface area contributed by atoms with Gasteiger partial charge in [0.1, 0.15) is 5.82 Å². The molecule has 1 heterocycles. The lowest BCUT2D eigenvalue weighted by atomic mass is 9.86. The predicted octanol–water partition coefficient (Wildman–Crippen LogP) is 4.42. The number of hydrogen-bond acceptors (Lipinski definition) is 2. The van der Waals surface area contributed by atoms with E-state index in [1.165, 1.54) is 6.07 Å². The molecular formula is C16H23BrFNO. The van der Waals surface area contributed by atoms with Gasteiger partial charge in [0.2, 0.25) is 0 Å². The molecule has 1 saturated heterocycles. The number of hydrogen-bond donors (Lipinski definition) is 1. The van der Waals surface area contributed by atoms with Gasteiger partial charge >= 0.3 is 0 Å². The van der Waals surface area contributed by atoms with Gasteiger partial charge in [-0.25, -0.2) is 4.39 Å². The van der Waals surface area contributed by atoms with Crippen molar-refractivity contribution in [1.29, 1.82) is 0 Å². The molecule has 0 bridgehead atoms. The SMILES string of the molecule is CCC1(CC)CC(NCc2cc(Br)ccc2F)CCO1. The Hall–Kier alpha value is -0.450. The highest BCUT2D eigenvalue weighted by atomic mass is 79.9. The first kappa shape index (κ1) is 15.9. The van der Waals surface area contributed by atoms with E-state index in [-0.39, 0.29) is 11.4 Å². The second-order valence-electron chi connectivity index (χ2n) is 5.54. The van der Waals surface area contributed by atoms with Gasteiger partial charge in [-0.15, -0.1) is 0 Å². The van der Waals surface area contributed by atoms with Crippen LogP contribution in [0.5, 0.6) is 0 Å². The molecule has 0 spiro atoms. The third kappa shape index (κ3) is 3.80. The molecule has 0 amide bonds. The average molecular weight is 344 g/mol. The lowest BCUT2D eigenvalue weighted by Gasteiger charge is -2.40. The molecule has 20 heavy (non-hydrogen) atoms. The Morgan fingerprint density at radius 1 is 1.40 bits per heavy atom. The molecule has 1 aliphatic heterocycles. The van der Waals surface area contributed by atoms with Crippen molar-refractivity contribution in [2.24, 2.45) is 0 Å². The number of ether oxygens (including phenoxy) is 1. The summed E-state index contributed by atoms with van der Waals surface area (Å²) in [7, 11) is 0. The van der Waals surface area contributed by atoms with Crippen LogP contribution in [0, 0.1) is 5.82 Å². The normalized spacial score (nSPS) is 21.9. The quantitative estimate of drug-likeness (QED) is 0.854. The van der Waals surface area contributed by atoms with Crippen molar-refractivity contribution in [3.8, 4) is 0 Å². The molecule has 1 aromatic carbocycles. The monoisotopic (exact) mass is 343 g/mol. The maximum absolute atomic E-state index is 13.7. The fourth-order valence-corrected chi connectivity index (χ4v) is 3.29. The van der Waals surface area contributed by atoms with Gasteiger partial charge in [0.05, 0.1) is 5.60 Å². The third-order valence-corrected chi connectivity index (χ3v) is 4.86. The van der Waals surface area contributed by atoms with E-state index in [1.807, 2.05) is 6.07 Å². The Morgan fingerprint density at radius 2 is 2.15 bits per heavy atom. The Balaban J connectivity index is 1.95. The molecule has 2 rings (SSSR count). The van der Waals surface area contributed by atoms with Crippen molar-refractivity contribution >= 4 is 15.9 Å². The molecule has 1 N–H and O–H groups in total. The molecular weight excluding hydrogens is 321 g/mol. The molecule has 0 saturated carbocycles. The number of nitrogens with one attached hydrogen (secondary N) is 1. The Labute approximate surface area is 129 Å². The predicted molar refractivity (Wildman–Crippen MR) is 83.2 cm³/mol. The summed E-state index contributed by atoms with van der Waals surface area (Å²) in [5, 5.41) is 3.49. The smallest absolute Gasteiger partial charge is 0.127 e. The first-order chi connectivity index (χ1) is 9.58. The molecule has 1 aliphatic rings. The second-order valence-corrected chi connectivity index (χ2v) is 6.46. The lowest BCUT2D eigenvalue weighted by molar-refractivity contribution is -0.0932. The van der Waals surface area contributed by atoms with Crippen LogP contribution < -0.4 is 5.32 Å². The van der Waals surface area contributed by atoms with Gasteiger partial charge in [0.15, 0.2) is 0 Å². The number of benzene rings is 1. The lowest BCUT2D eigenvalue weighted by Crippen LogP contribution is -2.46. The van der Waals surface area contributed by atoms with Crippen molar-refractivity contribution in [3.63, 3.8) is 0 Å². The van der Waals surface area contributed by atoms with Gasteiger partial charge in [-0.1, -0.05) is 29.8 Å². The van der Waals surface area contributed by atoms with Crippen LogP contribution in [-0.4, -0.2) is 18.2 Å². The third-order valence-electron chi connectivity index (χ3n) is 4.37. The van der Waals surface area contributed by atoms with Gasteiger partial charge in [-0.05, 0) is 43.9 Å². The van der Waals surface area contributed by atoms with E-state index in [4.69, 9.17) is 4.74 Å². The van der Waals surface area contributed by atoms with E-state index >= 15 is 0 Å². The second kappa shape index (κ2) is 7.01. The van der Waals surface area contributed by atoms with Crippen molar-refractivity contribution in [2.45, 2.75) is 57.7 Å². The van der Waals surface area contributed by atoms with Crippen LogP contribution in [0.1, 0.15) is 45.1 Å². The van der Waals surface area contributed by atoms with E-state index in [1.54, 1.807) is 6.07 Å². The summed E-state index contributed by atoms with van der Waals surface area (Å²) in [4.78, 5) is 0. The summed E-state index contributed by atoms with van der Waals surface area (Å²) in [5.74, 6) is -0.148. The minimum absolute atomic E-state index is 0.00569. The largest absolute Gasteiger partial charge is 0.375 e. The highest BCUT2D eigenvalue weighted by Crippen LogP contribution is 2.31. The molecule has 1 fully saturated rings. The highest BCUT2D eigenvalue weighted by molar-refractivity contribution is 9.10. The van der Waals surface area contributed by atoms with Crippen LogP contribution in [0.25, 0.3) is 0 Å². The molecule has 0 aromatic heterocycles. The van der Waals surface area contributed by atoms with Gasteiger partial charge in [0.25, 0.3) is 0 Å². The first-order valence-electron chi connectivity index (χ1n) is 7.40. The van der Waals surface area contributed by atoms with Crippen molar-refractivity contribution in [3.05, 3.63) is 34.1 Å². The van der Waals surface area contributed by atoms with E-state index in [0.717, 1.165) is 36.8 Å². The number of halogens is 2. The summed E-state index contributed by atoms with van der Waals surface area (Å²) in [5.41, 5.74) is 0.718. The molecule has 0 aliphatic carbocycles. The minimum atomic E-state index is -0.148. The van der Waals surface area contributed by atoms with Crippen molar-refractivity contribution < 1.29 is 9.13 Å². The van der Waals surface area contributed by atoms with Gasteiger partial charge in [-0.3, -0.25) is 0 Å². The Kier molecular flexibility index (Phi) is 5.58. The molecule has 1 unspecified atom stereocenters. The fraction of sp³-hybridized carbons (Fsp3) is 0.625. The van der Waals surface area contributed by atoms with Gasteiger partial charge < -0.3 is 10.1 Å². The van der Waals surface area contributed by atoms with Crippen molar-refractivity contribution in [2.75, 3.05) is 6.61 Å². The zero-order valence-corrected chi connectivity index (χ0v) is 13.8. The highest BCUT2D eigenvalue weighted by Gasteiger charge is 2.34. The molecule has 2 nitrogen and oxygen atoms in total. The molecule has 112 valence electrons. The fourth-order valence-electron chi connectivity index (χ4n) is 2.88. The molecule has 0 radical (unpaired) electrons. The average Bonchev–Trinajstić information content (AvgIpc) is 2.48. The van der Waals surface area contributed by atoms with E-state index in [9.17, 15) is 4.39 Å². The van der Waals surface area contributed by atoms with Crippen molar-refractivity contribution in [1.82, 2.24) is 5.32 Å². The van der Waals surface area contributed by atoms with E-state index in [2.05, 4.69) is 35.1 Å². The molecule has 4 heteroatoms. The van der Waals surface area contributed by atoms with Crippen LogP contribution >= 0.6 is 15.9 Å². The topological polar surface area (TPSA) is 21.3 Å². The summed E-state index contributed by atoms with van der Waals surface area (Å²) in [6, 6.07) is 5.48. The summed E-state index contributed by atoms with van der Waals surface area (Å²) in [6.07, 6.45) is 4.08. The Bertz CT molecular complexity index is 448. The first-order valence-corrected chi connectivity index (χ1v) is 8.19. The zero-order valence-electron chi connectivity index (χ0n) is 12.2. The number of rotatable bonds is 5. The molecule has 1 atom stereocenters. The molecule has 1 aromatic rings. The van der Waals surface area contributed by atoms with Gasteiger partial charge in [0, 0.05) is 29.2 Å². The summed E-state index contributed by atoms with van der Waals surface area (Å²) >= 11 is 3.39. The minimum Gasteiger partial charge on any atom is -0.375 e. The van der Waals surface area contributed by atoms with Crippen LogP contribution in [0.3, 0.4) is 0 Å². The Morgan fingerprint density at radius 3 is 2.85 bits per heavy atom. The maximum atomic E-state index is 13.7. The maximum Gasteiger partial charge on any atom is 0.127 e. The van der Waals surface area contributed by atoms with Gasteiger partial charge in [-0.2, -0.15) is 0 Å². The van der Waals surface area contributed by atoms with Crippen LogP contribution in [-0.2, 0) is 11.3 Å². The summed E-state index contributed by atoms with van der Waals surface area (Å²) in [6.45, 7) is 5.72. The standard InChI is InChI=1S/C16H23BrFNO/c1-3-16(4-2)10-14(7-8-20-16)19-11-12-9-13(17)5-6-15(12)18/h5-6,9,14,19H,3-4,7-8,10-11H2,1-2H3. The van der Waals surface area contributed by atoms with E-state index in [0.29, 0.717) is 18.2 Å². The van der Waals surface area contributed by atoms with E-state index < -0.39 is 0 Å². The zero-order chi connectivity index (χ0) is 14.6.